The Morgan fingerprint density at radius 1 is 1.29 bits per heavy atom. The summed E-state index contributed by atoms with van der Waals surface area (Å²) in [5.41, 5.74) is 0.831. The molecule has 0 aliphatic carbocycles. The first-order chi connectivity index (χ1) is 13.7. The van der Waals surface area contributed by atoms with Crippen LogP contribution in [0.4, 0.5) is 5.69 Å². The number of aromatic nitrogens is 3. The molecule has 3 aromatic rings. The lowest BCUT2D eigenvalue weighted by molar-refractivity contribution is 0.0322. The number of carbonyl (C=O) groups is 1. The van der Waals surface area contributed by atoms with E-state index in [0.29, 0.717) is 23.7 Å². The van der Waals surface area contributed by atoms with E-state index in [-0.39, 0.29) is 16.5 Å². The van der Waals surface area contributed by atoms with Crippen molar-refractivity contribution in [3.05, 3.63) is 52.7 Å². The number of aromatic amines is 2. The Morgan fingerprint density at radius 2 is 2.14 bits per heavy atom. The van der Waals surface area contributed by atoms with E-state index in [1.165, 1.54) is 12.5 Å². The maximum Gasteiger partial charge on any atom is 0.261 e. The van der Waals surface area contributed by atoms with Crippen LogP contribution in [0.3, 0.4) is 0 Å². The molecule has 0 atom stereocenters. The Hall–Kier alpha value is -3.17. The van der Waals surface area contributed by atoms with Crippen molar-refractivity contribution in [1.29, 1.82) is 0 Å². The van der Waals surface area contributed by atoms with Crippen molar-refractivity contribution in [1.82, 2.24) is 19.9 Å². The number of rotatable bonds is 6. The Bertz CT molecular complexity index is 1020. The van der Waals surface area contributed by atoms with Gasteiger partial charge in [-0.05, 0) is 12.1 Å². The fourth-order valence-corrected chi connectivity index (χ4v) is 3.13. The van der Waals surface area contributed by atoms with Crippen LogP contribution in [0.1, 0.15) is 10.4 Å². The summed E-state index contributed by atoms with van der Waals surface area (Å²) in [6, 6.07) is 7.18. The van der Waals surface area contributed by atoms with Gasteiger partial charge in [0.25, 0.3) is 11.5 Å². The van der Waals surface area contributed by atoms with Crippen LogP contribution in [0.2, 0.25) is 0 Å². The molecule has 4 rings (SSSR count). The molecule has 1 fully saturated rings. The Balaban J connectivity index is 1.40. The van der Waals surface area contributed by atoms with Gasteiger partial charge in [-0.1, -0.05) is 6.07 Å². The zero-order chi connectivity index (χ0) is 19.3. The lowest BCUT2D eigenvalue weighted by atomic mass is 10.2. The first-order valence-corrected chi connectivity index (χ1v) is 9.10. The predicted molar refractivity (Wildman–Crippen MR) is 104 cm³/mol. The summed E-state index contributed by atoms with van der Waals surface area (Å²) >= 11 is 0. The van der Waals surface area contributed by atoms with Crippen molar-refractivity contribution in [2.45, 2.75) is 0 Å². The maximum absolute atomic E-state index is 12.6. The molecule has 3 N–H and O–H groups in total. The van der Waals surface area contributed by atoms with Crippen molar-refractivity contribution in [2.24, 2.45) is 0 Å². The molecule has 1 aliphatic heterocycles. The van der Waals surface area contributed by atoms with Gasteiger partial charge in [0, 0.05) is 37.6 Å². The van der Waals surface area contributed by atoms with Gasteiger partial charge in [-0.25, -0.2) is 4.98 Å². The molecular formula is C19H21N5O4. The van der Waals surface area contributed by atoms with Crippen molar-refractivity contribution >= 4 is 22.6 Å². The van der Waals surface area contributed by atoms with Crippen molar-refractivity contribution in [3.63, 3.8) is 0 Å². The summed E-state index contributed by atoms with van der Waals surface area (Å²) in [6.45, 7) is 4.73. The van der Waals surface area contributed by atoms with Crippen LogP contribution in [-0.4, -0.2) is 65.2 Å². The van der Waals surface area contributed by atoms with Crippen LogP contribution in [0, 0.1) is 0 Å². The molecule has 9 heteroatoms. The third kappa shape index (κ3) is 4.05. The fourth-order valence-electron chi connectivity index (χ4n) is 3.13. The van der Waals surface area contributed by atoms with Crippen LogP contribution in [0.15, 0.2) is 41.6 Å². The first-order valence-electron chi connectivity index (χ1n) is 9.10. The van der Waals surface area contributed by atoms with E-state index >= 15 is 0 Å². The number of nitrogens with zero attached hydrogens (tertiary/aromatic N) is 2. The molecule has 1 saturated heterocycles. The van der Waals surface area contributed by atoms with Gasteiger partial charge in [0.1, 0.15) is 18.0 Å². The summed E-state index contributed by atoms with van der Waals surface area (Å²) in [4.78, 5) is 36.2. The molecule has 28 heavy (non-hydrogen) atoms. The summed E-state index contributed by atoms with van der Waals surface area (Å²) < 4.78 is 11.1. The van der Waals surface area contributed by atoms with Gasteiger partial charge < -0.3 is 24.8 Å². The second-order valence-corrected chi connectivity index (χ2v) is 6.44. The number of nitrogens with one attached hydrogen (secondary N) is 3. The van der Waals surface area contributed by atoms with Crippen LogP contribution < -0.4 is 15.6 Å². The molecule has 3 heterocycles. The van der Waals surface area contributed by atoms with Crippen LogP contribution in [0.5, 0.6) is 5.75 Å². The first kappa shape index (κ1) is 18.2. The number of hydrogen-bond acceptors (Lipinski definition) is 6. The van der Waals surface area contributed by atoms with Crippen LogP contribution in [0.25, 0.3) is 11.0 Å². The van der Waals surface area contributed by atoms with Gasteiger partial charge in [0.15, 0.2) is 0 Å². The SMILES string of the molecule is O=C(Nc1cccc(OCCN2CCOCC2)c1)c1c[nH]c2nc[nH]c(=O)c12. The molecule has 0 radical (unpaired) electrons. The van der Waals surface area contributed by atoms with Crippen LogP contribution in [-0.2, 0) is 4.74 Å². The zero-order valence-electron chi connectivity index (χ0n) is 15.2. The quantitative estimate of drug-likeness (QED) is 0.590. The number of carbonyl (C=O) groups excluding carboxylic acids is 1. The number of morpholine rings is 1. The number of ether oxygens (including phenoxy) is 2. The zero-order valence-corrected chi connectivity index (χ0v) is 15.2. The molecule has 9 nitrogen and oxygen atoms in total. The highest BCUT2D eigenvalue weighted by molar-refractivity contribution is 6.12. The minimum Gasteiger partial charge on any atom is -0.492 e. The summed E-state index contributed by atoms with van der Waals surface area (Å²) in [7, 11) is 0. The summed E-state index contributed by atoms with van der Waals surface area (Å²) in [6.07, 6.45) is 2.77. The van der Waals surface area contributed by atoms with Gasteiger partial charge in [0.2, 0.25) is 0 Å². The van der Waals surface area contributed by atoms with Crippen LogP contribution >= 0.6 is 0 Å². The molecule has 1 aliphatic rings. The molecule has 1 amide bonds. The third-order valence-corrected chi connectivity index (χ3v) is 4.59. The standard InChI is InChI=1S/C19H21N5O4/c25-18(15-11-20-17-16(15)19(26)22-12-21-17)23-13-2-1-3-14(10-13)28-9-6-24-4-7-27-8-5-24/h1-3,10-12H,4-9H2,(H,23,25)(H2,20,21,22,26). The molecular weight excluding hydrogens is 362 g/mol. The fraction of sp³-hybridized carbons (Fsp3) is 0.316. The number of H-pyrrole nitrogens is 2. The Kier molecular flexibility index (Phi) is 5.36. The highest BCUT2D eigenvalue weighted by Gasteiger charge is 2.16. The predicted octanol–water partition coefficient (Wildman–Crippen LogP) is 1.21. The van der Waals surface area contributed by atoms with Crippen molar-refractivity contribution in [2.75, 3.05) is 44.8 Å². The van der Waals surface area contributed by atoms with E-state index in [0.717, 1.165) is 32.8 Å². The smallest absolute Gasteiger partial charge is 0.261 e. The number of anilines is 1. The van der Waals surface area contributed by atoms with Crippen molar-refractivity contribution < 1.29 is 14.3 Å². The van der Waals surface area contributed by atoms with Gasteiger partial charge in [-0.15, -0.1) is 0 Å². The topological polar surface area (TPSA) is 112 Å². The van der Waals surface area contributed by atoms with Gasteiger partial charge in [0.05, 0.1) is 30.5 Å². The average Bonchev–Trinajstić information content (AvgIpc) is 3.15. The molecule has 1 aromatic carbocycles. The number of benzene rings is 1. The highest BCUT2D eigenvalue weighted by atomic mass is 16.5. The molecule has 0 saturated carbocycles. The van der Waals surface area contributed by atoms with Crippen molar-refractivity contribution in [3.8, 4) is 5.75 Å². The van der Waals surface area contributed by atoms with E-state index in [1.54, 1.807) is 12.1 Å². The van der Waals surface area contributed by atoms with E-state index in [9.17, 15) is 9.59 Å². The Morgan fingerprint density at radius 3 is 3.00 bits per heavy atom. The number of hydrogen-bond donors (Lipinski definition) is 3. The van der Waals surface area contributed by atoms with E-state index in [4.69, 9.17) is 9.47 Å². The average molecular weight is 383 g/mol. The number of amides is 1. The lowest BCUT2D eigenvalue weighted by Gasteiger charge is -2.26. The van der Waals surface area contributed by atoms with Gasteiger partial charge in [-0.3, -0.25) is 14.5 Å². The largest absolute Gasteiger partial charge is 0.492 e. The Labute approximate surface area is 160 Å². The van der Waals surface area contributed by atoms with E-state index in [1.807, 2.05) is 12.1 Å². The van der Waals surface area contributed by atoms with E-state index < -0.39 is 5.91 Å². The summed E-state index contributed by atoms with van der Waals surface area (Å²) in [5, 5.41) is 3.03. The molecule has 2 aromatic heterocycles. The normalized spacial score (nSPS) is 14.9. The second kappa shape index (κ2) is 8.24. The third-order valence-electron chi connectivity index (χ3n) is 4.59. The number of fused-ring (bicyclic) bond motifs is 1. The van der Waals surface area contributed by atoms with Gasteiger partial charge in [-0.2, -0.15) is 0 Å². The van der Waals surface area contributed by atoms with Gasteiger partial charge >= 0.3 is 0 Å². The van der Waals surface area contributed by atoms with E-state index in [2.05, 4.69) is 25.2 Å². The molecule has 0 bridgehead atoms. The molecule has 0 unspecified atom stereocenters. The minimum atomic E-state index is -0.393. The second-order valence-electron chi connectivity index (χ2n) is 6.44. The maximum atomic E-state index is 12.6. The lowest BCUT2D eigenvalue weighted by Crippen LogP contribution is -2.38. The molecule has 146 valence electrons. The molecule has 0 spiro atoms. The summed E-state index contributed by atoms with van der Waals surface area (Å²) in [5.74, 6) is 0.278. The minimum absolute atomic E-state index is 0.234. The highest BCUT2D eigenvalue weighted by Crippen LogP contribution is 2.19. The monoisotopic (exact) mass is 383 g/mol.